The molecule has 0 aliphatic heterocycles. The molecule has 11 aromatic rings. The second kappa shape index (κ2) is 14.5. The Hall–Kier alpha value is -8.14. The molecule has 1 aliphatic rings. The fraction of sp³-hybridized carbons (Fsp3) is 0.0169. The van der Waals surface area contributed by atoms with Crippen LogP contribution in [0.5, 0.6) is 0 Å². The van der Waals surface area contributed by atoms with Gasteiger partial charge in [-0.2, -0.15) is 0 Å². The van der Waals surface area contributed by atoms with Gasteiger partial charge in [-0.25, -0.2) is 9.97 Å². The summed E-state index contributed by atoms with van der Waals surface area (Å²) < 4.78 is 6.17. The number of fused-ring (bicyclic) bond motifs is 6. The summed E-state index contributed by atoms with van der Waals surface area (Å²) in [5.74, 6) is 0.678. The summed E-state index contributed by atoms with van der Waals surface area (Å²) in [6.07, 6.45) is 0. The Bertz CT molecular complexity index is 3430. The first kappa shape index (κ1) is 35.8. The fourth-order valence-electron chi connectivity index (χ4n) is 9.88. The molecule has 0 amide bonds. The normalized spacial score (nSPS) is 12.6. The van der Waals surface area contributed by atoms with Gasteiger partial charge in [0.1, 0.15) is 11.2 Å². The molecule has 0 unspecified atom stereocenters. The van der Waals surface area contributed by atoms with Gasteiger partial charge in [0.05, 0.1) is 16.8 Å². The van der Waals surface area contributed by atoms with Crippen molar-refractivity contribution in [3.63, 3.8) is 0 Å². The van der Waals surface area contributed by atoms with Crippen LogP contribution in [0.25, 0.3) is 89.2 Å². The number of benzene rings is 9. The summed E-state index contributed by atoms with van der Waals surface area (Å²) in [5, 5.41) is 2.22. The summed E-state index contributed by atoms with van der Waals surface area (Å²) >= 11 is 0. The van der Waals surface area contributed by atoms with Gasteiger partial charge in [-0.15, -0.1) is 0 Å². The Labute approximate surface area is 360 Å². The van der Waals surface area contributed by atoms with E-state index in [4.69, 9.17) is 14.4 Å². The third kappa shape index (κ3) is 5.67. The summed E-state index contributed by atoms with van der Waals surface area (Å²) in [6.45, 7) is 0. The maximum Gasteiger partial charge on any atom is 0.160 e. The molecule has 9 aromatic carbocycles. The molecule has 1 aliphatic carbocycles. The van der Waals surface area contributed by atoms with Gasteiger partial charge in [0.25, 0.3) is 0 Å². The standard InChI is InChI=1S/C59H38N2O/c1-3-18-39(19-4-1)58-60-54(42-21-17-20-40(36-42)41-34-35-57-50(37-41)49-29-12-16-33-56(49)62-57)38-55(61-58)48-28-8-7-24-44(48)45-25-9-13-30-51(45)59(43-22-5-2-6-23-43)52-31-14-10-26-46(52)47-27-11-15-32-53(47)59/h1-38H. The lowest BCUT2D eigenvalue weighted by Gasteiger charge is -2.35. The van der Waals surface area contributed by atoms with E-state index < -0.39 is 5.41 Å². The molecule has 0 bridgehead atoms. The maximum atomic E-state index is 6.17. The van der Waals surface area contributed by atoms with Crippen molar-refractivity contribution in [2.45, 2.75) is 5.41 Å². The molecule has 0 N–H and O–H groups in total. The van der Waals surface area contributed by atoms with Crippen molar-refractivity contribution in [1.82, 2.24) is 9.97 Å². The number of nitrogens with zero attached hydrogens (tertiary/aromatic N) is 2. The minimum Gasteiger partial charge on any atom is -0.456 e. The van der Waals surface area contributed by atoms with Crippen LogP contribution in [0.4, 0.5) is 0 Å². The van der Waals surface area contributed by atoms with E-state index in [2.05, 4.69) is 200 Å². The summed E-state index contributed by atoms with van der Waals surface area (Å²) in [5.41, 5.74) is 18.0. The number of hydrogen-bond donors (Lipinski definition) is 0. The van der Waals surface area contributed by atoms with Crippen LogP contribution in [0, 0.1) is 0 Å². The van der Waals surface area contributed by atoms with Crippen LogP contribution >= 0.6 is 0 Å². The second-order valence-corrected chi connectivity index (χ2v) is 16.0. The van der Waals surface area contributed by atoms with Gasteiger partial charge in [-0.1, -0.05) is 200 Å². The van der Waals surface area contributed by atoms with Crippen molar-refractivity contribution < 1.29 is 4.42 Å². The molecule has 12 rings (SSSR count). The van der Waals surface area contributed by atoms with Crippen molar-refractivity contribution in [1.29, 1.82) is 0 Å². The van der Waals surface area contributed by atoms with E-state index in [-0.39, 0.29) is 0 Å². The van der Waals surface area contributed by atoms with Crippen molar-refractivity contribution in [2.24, 2.45) is 0 Å². The largest absolute Gasteiger partial charge is 0.456 e. The van der Waals surface area contributed by atoms with Gasteiger partial charge in [-0.3, -0.25) is 0 Å². The monoisotopic (exact) mass is 790 g/mol. The Balaban J connectivity index is 1.05. The lowest BCUT2D eigenvalue weighted by molar-refractivity contribution is 0.669. The number of rotatable bonds is 7. The smallest absolute Gasteiger partial charge is 0.160 e. The van der Waals surface area contributed by atoms with Gasteiger partial charge in [0.15, 0.2) is 5.82 Å². The van der Waals surface area contributed by atoms with Crippen LogP contribution in [0.2, 0.25) is 0 Å². The molecular formula is C59H38N2O. The highest BCUT2D eigenvalue weighted by Crippen LogP contribution is 2.58. The van der Waals surface area contributed by atoms with Gasteiger partial charge < -0.3 is 4.42 Å². The van der Waals surface area contributed by atoms with Gasteiger partial charge in [0, 0.05) is 27.5 Å². The quantitative estimate of drug-likeness (QED) is 0.161. The van der Waals surface area contributed by atoms with Crippen molar-refractivity contribution in [2.75, 3.05) is 0 Å². The topological polar surface area (TPSA) is 38.9 Å². The van der Waals surface area contributed by atoms with E-state index in [1.807, 2.05) is 30.3 Å². The first-order chi connectivity index (χ1) is 30.7. The molecule has 2 aromatic heterocycles. The molecule has 62 heavy (non-hydrogen) atoms. The van der Waals surface area contributed by atoms with Crippen molar-refractivity contribution >= 4 is 21.9 Å². The maximum absolute atomic E-state index is 6.17. The number of aromatic nitrogens is 2. The summed E-state index contributed by atoms with van der Waals surface area (Å²) in [4.78, 5) is 10.7. The predicted octanol–water partition coefficient (Wildman–Crippen LogP) is 15.1. The summed E-state index contributed by atoms with van der Waals surface area (Å²) in [7, 11) is 0. The third-order valence-corrected chi connectivity index (χ3v) is 12.6. The average Bonchev–Trinajstić information content (AvgIpc) is 3.88. The molecule has 0 spiro atoms. The SMILES string of the molecule is c1ccc(-c2nc(-c3cccc(-c4ccc5oc6ccccc6c5c4)c3)cc(-c3ccccc3-c3ccccc3C3(c4ccccc4)c4ccccc4-c4ccccc43)n2)cc1. The molecule has 0 saturated carbocycles. The second-order valence-electron chi connectivity index (χ2n) is 16.0. The Morgan fingerprint density at radius 2 is 0.806 bits per heavy atom. The summed E-state index contributed by atoms with van der Waals surface area (Å²) in [6, 6.07) is 82.4. The van der Waals surface area contributed by atoms with Crippen LogP contribution in [0.3, 0.4) is 0 Å². The van der Waals surface area contributed by atoms with E-state index >= 15 is 0 Å². The van der Waals surface area contributed by atoms with Crippen LogP contribution in [-0.2, 0) is 5.41 Å². The predicted molar refractivity (Wildman–Crippen MR) is 254 cm³/mol. The molecule has 3 nitrogen and oxygen atoms in total. The Morgan fingerprint density at radius 1 is 0.306 bits per heavy atom. The molecule has 0 atom stereocenters. The van der Waals surface area contributed by atoms with Crippen molar-refractivity contribution in [3.05, 3.63) is 253 Å². The Kier molecular flexibility index (Phi) is 8.39. The molecular weight excluding hydrogens is 753 g/mol. The minimum absolute atomic E-state index is 0.559. The zero-order valence-corrected chi connectivity index (χ0v) is 33.7. The number of furan rings is 1. The highest BCUT2D eigenvalue weighted by atomic mass is 16.3. The first-order valence-corrected chi connectivity index (χ1v) is 21.1. The zero-order chi connectivity index (χ0) is 41.0. The minimum atomic E-state index is -0.559. The van der Waals surface area contributed by atoms with E-state index in [1.54, 1.807) is 0 Å². The highest BCUT2D eigenvalue weighted by Gasteiger charge is 2.47. The molecule has 290 valence electrons. The number of para-hydroxylation sites is 1. The fourth-order valence-corrected chi connectivity index (χ4v) is 9.88. The van der Waals surface area contributed by atoms with E-state index in [0.717, 1.165) is 72.3 Å². The van der Waals surface area contributed by atoms with Gasteiger partial charge in [-0.05, 0) is 86.0 Å². The third-order valence-electron chi connectivity index (χ3n) is 12.6. The van der Waals surface area contributed by atoms with E-state index in [1.165, 1.54) is 33.4 Å². The number of hydrogen-bond acceptors (Lipinski definition) is 3. The average molecular weight is 791 g/mol. The van der Waals surface area contributed by atoms with E-state index in [9.17, 15) is 0 Å². The van der Waals surface area contributed by atoms with Crippen LogP contribution in [0.1, 0.15) is 22.3 Å². The van der Waals surface area contributed by atoms with Crippen LogP contribution < -0.4 is 0 Å². The molecule has 0 radical (unpaired) electrons. The molecule has 3 heteroatoms. The van der Waals surface area contributed by atoms with Gasteiger partial charge in [0.2, 0.25) is 0 Å². The van der Waals surface area contributed by atoms with Crippen molar-refractivity contribution in [3.8, 4) is 67.3 Å². The van der Waals surface area contributed by atoms with E-state index in [0.29, 0.717) is 5.82 Å². The molecule has 2 heterocycles. The lowest BCUT2D eigenvalue weighted by atomic mass is 9.65. The Morgan fingerprint density at radius 3 is 1.52 bits per heavy atom. The molecule has 0 saturated heterocycles. The molecule has 0 fully saturated rings. The first-order valence-electron chi connectivity index (χ1n) is 21.1. The highest BCUT2D eigenvalue weighted by molar-refractivity contribution is 6.06. The van der Waals surface area contributed by atoms with Gasteiger partial charge >= 0.3 is 0 Å². The van der Waals surface area contributed by atoms with Crippen LogP contribution in [0.15, 0.2) is 235 Å². The zero-order valence-electron chi connectivity index (χ0n) is 33.7. The lowest BCUT2D eigenvalue weighted by Crippen LogP contribution is -2.29. The van der Waals surface area contributed by atoms with Crippen LogP contribution in [-0.4, -0.2) is 9.97 Å².